The molecule has 0 aliphatic carbocycles. The first-order valence-corrected chi connectivity index (χ1v) is 6.91. The van der Waals surface area contributed by atoms with E-state index in [1.807, 2.05) is 18.4 Å². The van der Waals surface area contributed by atoms with Crippen LogP contribution in [-0.4, -0.2) is 6.26 Å². The van der Waals surface area contributed by atoms with Crippen LogP contribution in [0.15, 0.2) is 47.4 Å². The van der Waals surface area contributed by atoms with Gasteiger partial charge < -0.3 is 10.5 Å². The van der Waals surface area contributed by atoms with Gasteiger partial charge in [0.15, 0.2) is 0 Å². The van der Waals surface area contributed by atoms with E-state index in [1.165, 1.54) is 6.07 Å². The first-order valence-electron chi connectivity index (χ1n) is 5.69. The fraction of sp³-hybridized carbons (Fsp3) is 0.143. The highest BCUT2D eigenvalue weighted by Gasteiger charge is 2.30. The van der Waals surface area contributed by atoms with Crippen molar-refractivity contribution in [2.45, 2.75) is 11.1 Å². The highest BCUT2D eigenvalue weighted by Crippen LogP contribution is 2.35. The van der Waals surface area contributed by atoms with E-state index in [0.717, 1.165) is 17.0 Å². The number of thioether (sulfide) groups is 1. The number of hydrogen-bond donors (Lipinski definition) is 1. The molecule has 0 saturated heterocycles. The molecule has 0 saturated carbocycles. The lowest BCUT2D eigenvalue weighted by Crippen LogP contribution is -2.05. The summed E-state index contributed by atoms with van der Waals surface area (Å²) in [7, 11) is 0. The van der Waals surface area contributed by atoms with Gasteiger partial charge in [-0.2, -0.15) is 13.2 Å². The summed E-state index contributed by atoms with van der Waals surface area (Å²) in [5, 5.41) is 0. The van der Waals surface area contributed by atoms with Crippen molar-refractivity contribution in [2.75, 3.05) is 12.0 Å². The molecule has 6 heteroatoms. The molecule has 2 aromatic carbocycles. The Kier molecular flexibility index (Phi) is 4.13. The van der Waals surface area contributed by atoms with Crippen LogP contribution in [-0.2, 0) is 6.18 Å². The van der Waals surface area contributed by atoms with E-state index in [1.54, 1.807) is 23.9 Å². The fourth-order valence-electron chi connectivity index (χ4n) is 1.59. The van der Waals surface area contributed by atoms with Gasteiger partial charge >= 0.3 is 6.18 Å². The van der Waals surface area contributed by atoms with Crippen molar-refractivity contribution in [3.05, 3.63) is 48.0 Å². The van der Waals surface area contributed by atoms with Gasteiger partial charge in [0.1, 0.15) is 11.5 Å². The Bertz CT molecular complexity index is 596. The number of halogens is 3. The molecule has 2 N–H and O–H groups in total. The molecule has 2 rings (SSSR count). The zero-order valence-corrected chi connectivity index (χ0v) is 11.4. The lowest BCUT2D eigenvalue weighted by molar-refractivity contribution is -0.137. The average Bonchev–Trinajstić information content (AvgIpc) is 2.41. The fourth-order valence-corrected chi connectivity index (χ4v) is 2.00. The van der Waals surface area contributed by atoms with Gasteiger partial charge in [0.05, 0.1) is 11.3 Å². The summed E-state index contributed by atoms with van der Waals surface area (Å²) in [4.78, 5) is 1.07. The summed E-state index contributed by atoms with van der Waals surface area (Å²) < 4.78 is 43.0. The third-order valence-corrected chi connectivity index (χ3v) is 3.37. The van der Waals surface area contributed by atoms with Gasteiger partial charge in [-0.25, -0.2) is 0 Å². The monoisotopic (exact) mass is 299 g/mol. The van der Waals surface area contributed by atoms with Crippen LogP contribution >= 0.6 is 11.8 Å². The van der Waals surface area contributed by atoms with E-state index >= 15 is 0 Å². The molecule has 0 atom stereocenters. The number of anilines is 1. The van der Waals surface area contributed by atoms with E-state index in [4.69, 9.17) is 10.5 Å². The molecule has 0 aliphatic rings. The second kappa shape index (κ2) is 5.66. The zero-order valence-electron chi connectivity index (χ0n) is 10.6. The first kappa shape index (κ1) is 14.6. The predicted octanol–water partition coefficient (Wildman–Crippen LogP) is 4.80. The second-order valence-corrected chi connectivity index (χ2v) is 4.91. The SMILES string of the molecule is CSc1ccc(Oc2ccc(C(F)(F)F)cc2N)cc1. The van der Waals surface area contributed by atoms with Crippen LogP contribution in [0.3, 0.4) is 0 Å². The van der Waals surface area contributed by atoms with Crippen molar-refractivity contribution < 1.29 is 17.9 Å². The summed E-state index contributed by atoms with van der Waals surface area (Å²) in [5.74, 6) is 0.726. The number of ether oxygens (including phenoxy) is 1. The summed E-state index contributed by atoms with van der Waals surface area (Å²) in [6, 6.07) is 10.2. The molecule has 0 unspecified atom stereocenters. The maximum atomic E-state index is 12.5. The molecule has 2 nitrogen and oxygen atoms in total. The van der Waals surface area contributed by atoms with Gasteiger partial charge in [-0.15, -0.1) is 11.8 Å². The quantitative estimate of drug-likeness (QED) is 0.653. The summed E-state index contributed by atoms with van der Waals surface area (Å²) >= 11 is 1.59. The Hall–Kier alpha value is -1.82. The van der Waals surface area contributed by atoms with Crippen LogP contribution < -0.4 is 10.5 Å². The van der Waals surface area contributed by atoms with Crippen LogP contribution in [0.1, 0.15) is 5.56 Å². The van der Waals surface area contributed by atoms with E-state index in [-0.39, 0.29) is 11.4 Å². The van der Waals surface area contributed by atoms with Gasteiger partial charge in [0.2, 0.25) is 0 Å². The molecule has 106 valence electrons. The topological polar surface area (TPSA) is 35.2 Å². The van der Waals surface area contributed by atoms with E-state index in [9.17, 15) is 13.2 Å². The van der Waals surface area contributed by atoms with Crippen molar-refractivity contribution in [3.8, 4) is 11.5 Å². The third kappa shape index (κ3) is 3.39. The number of nitrogens with two attached hydrogens (primary N) is 1. The number of benzene rings is 2. The van der Waals surface area contributed by atoms with Gasteiger partial charge in [0, 0.05) is 4.90 Å². The van der Waals surface area contributed by atoms with E-state index < -0.39 is 11.7 Å². The number of nitrogen functional groups attached to an aromatic ring is 1. The minimum absolute atomic E-state index is 0.0474. The Morgan fingerprint density at radius 1 is 1.05 bits per heavy atom. The molecular weight excluding hydrogens is 287 g/mol. The highest BCUT2D eigenvalue weighted by atomic mass is 32.2. The van der Waals surface area contributed by atoms with Gasteiger partial charge in [-0.05, 0) is 48.7 Å². The minimum atomic E-state index is -4.41. The lowest BCUT2D eigenvalue weighted by Gasteiger charge is -2.12. The van der Waals surface area contributed by atoms with E-state index in [0.29, 0.717) is 5.75 Å². The smallest absolute Gasteiger partial charge is 0.416 e. The molecule has 0 bridgehead atoms. The Balaban J connectivity index is 2.21. The standard InChI is InChI=1S/C14H12F3NOS/c1-20-11-5-3-10(4-6-11)19-13-7-2-9(8-12(13)18)14(15,16)17/h2-8H,18H2,1H3. The molecule has 0 spiro atoms. The summed E-state index contributed by atoms with van der Waals surface area (Å²) in [6.45, 7) is 0. The van der Waals surface area contributed by atoms with Crippen LogP contribution in [0.25, 0.3) is 0 Å². The Morgan fingerprint density at radius 3 is 2.20 bits per heavy atom. The van der Waals surface area contributed by atoms with Crippen LogP contribution in [0.2, 0.25) is 0 Å². The predicted molar refractivity (Wildman–Crippen MR) is 74.2 cm³/mol. The number of alkyl halides is 3. The number of hydrogen-bond acceptors (Lipinski definition) is 3. The van der Waals surface area contributed by atoms with Crippen molar-refractivity contribution >= 4 is 17.4 Å². The zero-order chi connectivity index (χ0) is 14.8. The molecule has 0 aliphatic heterocycles. The Labute approximate surface area is 118 Å². The Morgan fingerprint density at radius 2 is 1.70 bits per heavy atom. The van der Waals surface area contributed by atoms with Crippen LogP contribution in [0, 0.1) is 0 Å². The molecule has 20 heavy (non-hydrogen) atoms. The van der Waals surface area contributed by atoms with Crippen LogP contribution in [0.4, 0.5) is 18.9 Å². The van der Waals surface area contributed by atoms with Crippen molar-refractivity contribution in [1.29, 1.82) is 0 Å². The number of rotatable bonds is 3. The maximum Gasteiger partial charge on any atom is 0.416 e. The molecular formula is C14H12F3NOS. The van der Waals surface area contributed by atoms with Crippen molar-refractivity contribution in [2.24, 2.45) is 0 Å². The summed E-state index contributed by atoms with van der Waals surface area (Å²) in [6.07, 6.45) is -2.46. The molecule has 0 aromatic heterocycles. The van der Waals surface area contributed by atoms with Crippen molar-refractivity contribution in [3.63, 3.8) is 0 Å². The molecule has 0 heterocycles. The molecule has 0 radical (unpaired) electrons. The largest absolute Gasteiger partial charge is 0.455 e. The van der Waals surface area contributed by atoms with E-state index in [2.05, 4.69) is 0 Å². The molecule has 0 fully saturated rings. The second-order valence-electron chi connectivity index (χ2n) is 4.03. The van der Waals surface area contributed by atoms with Gasteiger partial charge in [-0.3, -0.25) is 0 Å². The minimum Gasteiger partial charge on any atom is -0.455 e. The van der Waals surface area contributed by atoms with Gasteiger partial charge in [0.25, 0.3) is 0 Å². The third-order valence-electron chi connectivity index (χ3n) is 2.62. The van der Waals surface area contributed by atoms with Gasteiger partial charge in [-0.1, -0.05) is 0 Å². The summed E-state index contributed by atoms with van der Waals surface area (Å²) in [5.41, 5.74) is 4.75. The van der Waals surface area contributed by atoms with Crippen molar-refractivity contribution in [1.82, 2.24) is 0 Å². The normalized spacial score (nSPS) is 11.4. The first-order chi connectivity index (χ1) is 9.40. The molecule has 2 aromatic rings. The lowest BCUT2D eigenvalue weighted by atomic mass is 10.2. The highest BCUT2D eigenvalue weighted by molar-refractivity contribution is 7.98. The maximum absolute atomic E-state index is 12.5. The molecule has 0 amide bonds. The van der Waals surface area contributed by atoms with Crippen LogP contribution in [0.5, 0.6) is 11.5 Å². The average molecular weight is 299 g/mol.